The summed E-state index contributed by atoms with van der Waals surface area (Å²) in [5.74, 6) is -0.432. The number of carbonyl (C=O) groups excluding carboxylic acids is 2. The Hall–Kier alpha value is -1.90. The molecule has 6 nitrogen and oxygen atoms in total. The molecule has 0 aliphatic carbocycles. The zero-order chi connectivity index (χ0) is 16.7. The maximum absolute atomic E-state index is 12.0. The Morgan fingerprint density at radius 1 is 1.26 bits per heavy atom. The molecule has 2 N–H and O–H groups in total. The highest BCUT2D eigenvalue weighted by atomic mass is 127. The van der Waals surface area contributed by atoms with E-state index in [1.54, 1.807) is 18.3 Å². The van der Waals surface area contributed by atoms with Gasteiger partial charge in [-0.15, -0.1) is 0 Å². The minimum Gasteiger partial charge on any atom is -0.355 e. The summed E-state index contributed by atoms with van der Waals surface area (Å²) < 4.78 is 2.71. The molecule has 2 aromatic rings. The Balaban J connectivity index is 1.65. The Kier molecular flexibility index (Phi) is 6.57. The SMILES string of the molecule is Cc1cnn(CCCNC(=O)CNC(=O)c2ccccc2I)c1. The van der Waals surface area contributed by atoms with Crippen LogP contribution in [0.3, 0.4) is 0 Å². The summed E-state index contributed by atoms with van der Waals surface area (Å²) in [6.07, 6.45) is 4.56. The molecule has 7 heteroatoms. The molecule has 0 radical (unpaired) electrons. The van der Waals surface area contributed by atoms with Gasteiger partial charge in [-0.05, 0) is 53.6 Å². The van der Waals surface area contributed by atoms with E-state index in [-0.39, 0.29) is 18.4 Å². The van der Waals surface area contributed by atoms with Gasteiger partial charge in [0.15, 0.2) is 0 Å². The van der Waals surface area contributed by atoms with Gasteiger partial charge in [0.2, 0.25) is 5.91 Å². The van der Waals surface area contributed by atoms with Crippen molar-refractivity contribution in [1.82, 2.24) is 20.4 Å². The van der Waals surface area contributed by atoms with Gasteiger partial charge in [0, 0.05) is 22.9 Å². The highest BCUT2D eigenvalue weighted by Crippen LogP contribution is 2.10. The summed E-state index contributed by atoms with van der Waals surface area (Å²) in [4.78, 5) is 23.7. The molecule has 1 aromatic carbocycles. The van der Waals surface area contributed by atoms with E-state index in [0.29, 0.717) is 12.1 Å². The summed E-state index contributed by atoms with van der Waals surface area (Å²) >= 11 is 2.10. The smallest absolute Gasteiger partial charge is 0.252 e. The fourth-order valence-corrected chi connectivity index (χ4v) is 2.65. The van der Waals surface area contributed by atoms with Crippen LogP contribution in [-0.4, -0.2) is 34.7 Å². The van der Waals surface area contributed by atoms with Crippen LogP contribution in [0, 0.1) is 10.5 Å². The molecule has 0 atom stereocenters. The van der Waals surface area contributed by atoms with E-state index in [4.69, 9.17) is 0 Å². The first-order valence-corrected chi connectivity index (χ1v) is 8.42. The number of hydrogen-bond donors (Lipinski definition) is 2. The van der Waals surface area contributed by atoms with Crippen LogP contribution in [0.5, 0.6) is 0 Å². The maximum Gasteiger partial charge on any atom is 0.252 e. The van der Waals surface area contributed by atoms with Gasteiger partial charge in [-0.3, -0.25) is 14.3 Å². The van der Waals surface area contributed by atoms with Crippen LogP contribution in [-0.2, 0) is 11.3 Å². The number of rotatable bonds is 7. The number of aryl methyl sites for hydroxylation is 2. The molecular weight excluding hydrogens is 407 g/mol. The van der Waals surface area contributed by atoms with Crippen LogP contribution < -0.4 is 10.6 Å². The molecule has 0 saturated carbocycles. The van der Waals surface area contributed by atoms with Crippen LogP contribution >= 0.6 is 22.6 Å². The number of benzene rings is 1. The number of amides is 2. The fraction of sp³-hybridized carbons (Fsp3) is 0.312. The van der Waals surface area contributed by atoms with Crippen molar-refractivity contribution >= 4 is 34.4 Å². The second kappa shape index (κ2) is 8.66. The van der Waals surface area contributed by atoms with E-state index in [9.17, 15) is 9.59 Å². The molecule has 122 valence electrons. The molecule has 0 aliphatic heterocycles. The van der Waals surface area contributed by atoms with Gasteiger partial charge >= 0.3 is 0 Å². The van der Waals surface area contributed by atoms with Gasteiger partial charge in [0.1, 0.15) is 0 Å². The minimum atomic E-state index is -0.239. The molecule has 0 bridgehead atoms. The Labute approximate surface area is 148 Å². The van der Waals surface area contributed by atoms with Gasteiger partial charge in [-0.1, -0.05) is 12.1 Å². The van der Waals surface area contributed by atoms with Crippen molar-refractivity contribution in [3.63, 3.8) is 0 Å². The van der Waals surface area contributed by atoms with Crippen LogP contribution in [0.1, 0.15) is 22.3 Å². The van der Waals surface area contributed by atoms with Crippen molar-refractivity contribution in [2.75, 3.05) is 13.1 Å². The lowest BCUT2D eigenvalue weighted by Crippen LogP contribution is -2.37. The van der Waals surface area contributed by atoms with Gasteiger partial charge in [0.05, 0.1) is 18.3 Å². The van der Waals surface area contributed by atoms with Crippen molar-refractivity contribution < 1.29 is 9.59 Å². The second-order valence-electron chi connectivity index (χ2n) is 5.15. The second-order valence-corrected chi connectivity index (χ2v) is 6.31. The Morgan fingerprint density at radius 2 is 2.04 bits per heavy atom. The number of aromatic nitrogens is 2. The molecule has 0 saturated heterocycles. The molecule has 0 unspecified atom stereocenters. The molecule has 2 rings (SSSR count). The standard InChI is InChI=1S/C16H19IN4O2/c1-12-9-20-21(11-12)8-4-7-18-15(22)10-19-16(23)13-5-2-3-6-14(13)17/h2-3,5-6,9,11H,4,7-8,10H2,1H3,(H,18,22)(H,19,23). The molecule has 0 aliphatic rings. The van der Waals surface area contributed by atoms with E-state index >= 15 is 0 Å². The van der Waals surface area contributed by atoms with Crippen molar-refractivity contribution in [2.24, 2.45) is 0 Å². The van der Waals surface area contributed by atoms with E-state index in [2.05, 4.69) is 38.3 Å². The topological polar surface area (TPSA) is 76.0 Å². The number of nitrogens with zero attached hydrogens (tertiary/aromatic N) is 2. The zero-order valence-electron chi connectivity index (χ0n) is 12.9. The predicted molar refractivity (Wildman–Crippen MR) is 96.1 cm³/mol. The average molecular weight is 426 g/mol. The normalized spacial score (nSPS) is 10.3. The largest absolute Gasteiger partial charge is 0.355 e. The fourth-order valence-electron chi connectivity index (χ4n) is 2.02. The van der Waals surface area contributed by atoms with Crippen LogP contribution in [0.25, 0.3) is 0 Å². The first kappa shape index (κ1) is 17.5. The third-order valence-electron chi connectivity index (χ3n) is 3.18. The number of nitrogens with one attached hydrogen (secondary N) is 2. The van der Waals surface area contributed by atoms with Crippen molar-refractivity contribution in [2.45, 2.75) is 19.9 Å². The van der Waals surface area contributed by atoms with Crippen LogP contribution in [0.15, 0.2) is 36.7 Å². The maximum atomic E-state index is 12.0. The van der Waals surface area contributed by atoms with Gasteiger partial charge < -0.3 is 10.6 Å². The summed E-state index contributed by atoms with van der Waals surface area (Å²) in [5.41, 5.74) is 1.70. The van der Waals surface area contributed by atoms with Gasteiger partial charge in [-0.25, -0.2) is 0 Å². The highest BCUT2D eigenvalue weighted by Gasteiger charge is 2.10. The average Bonchev–Trinajstić information content (AvgIpc) is 2.95. The highest BCUT2D eigenvalue weighted by molar-refractivity contribution is 14.1. The molecular formula is C16H19IN4O2. The Morgan fingerprint density at radius 3 is 2.74 bits per heavy atom. The number of halogens is 1. The minimum absolute atomic E-state index is 0.0231. The summed E-state index contributed by atoms with van der Waals surface area (Å²) in [6, 6.07) is 7.26. The monoisotopic (exact) mass is 426 g/mol. The van der Waals surface area contributed by atoms with Crippen molar-refractivity contribution in [1.29, 1.82) is 0 Å². The molecule has 0 fully saturated rings. The molecule has 1 heterocycles. The lowest BCUT2D eigenvalue weighted by atomic mass is 10.2. The lowest BCUT2D eigenvalue weighted by Gasteiger charge is -2.08. The van der Waals surface area contributed by atoms with E-state index in [0.717, 1.165) is 22.1 Å². The molecule has 2 amide bonds. The molecule has 0 spiro atoms. The van der Waals surface area contributed by atoms with Crippen LogP contribution in [0.4, 0.5) is 0 Å². The Bertz CT molecular complexity index is 684. The van der Waals surface area contributed by atoms with Crippen molar-refractivity contribution in [3.05, 3.63) is 51.4 Å². The first-order chi connectivity index (χ1) is 11.1. The van der Waals surface area contributed by atoms with E-state index in [1.165, 1.54) is 0 Å². The summed E-state index contributed by atoms with van der Waals surface area (Å²) in [7, 11) is 0. The van der Waals surface area contributed by atoms with Gasteiger partial charge in [0.25, 0.3) is 5.91 Å². The zero-order valence-corrected chi connectivity index (χ0v) is 15.0. The summed E-state index contributed by atoms with van der Waals surface area (Å²) in [5, 5.41) is 9.59. The predicted octanol–water partition coefficient (Wildman–Crippen LogP) is 1.73. The molecule has 1 aromatic heterocycles. The number of carbonyl (C=O) groups is 2. The van der Waals surface area contributed by atoms with Crippen molar-refractivity contribution in [3.8, 4) is 0 Å². The number of hydrogen-bond acceptors (Lipinski definition) is 3. The molecule has 23 heavy (non-hydrogen) atoms. The first-order valence-electron chi connectivity index (χ1n) is 7.35. The van der Waals surface area contributed by atoms with Crippen LogP contribution in [0.2, 0.25) is 0 Å². The third-order valence-corrected chi connectivity index (χ3v) is 4.12. The van der Waals surface area contributed by atoms with E-state index < -0.39 is 0 Å². The summed E-state index contributed by atoms with van der Waals surface area (Å²) in [6.45, 7) is 3.27. The van der Waals surface area contributed by atoms with E-state index in [1.807, 2.05) is 29.9 Å². The quantitative estimate of drug-likeness (QED) is 0.523. The van der Waals surface area contributed by atoms with Gasteiger partial charge in [-0.2, -0.15) is 5.10 Å². The lowest BCUT2D eigenvalue weighted by molar-refractivity contribution is -0.120. The third kappa shape index (κ3) is 5.66.